The monoisotopic (exact) mass is 1190 g/mol. The number of phenolic OH excluding ortho intramolecular Hbond substituents is 1. The van der Waals surface area contributed by atoms with Crippen molar-refractivity contribution in [3.05, 3.63) is 121 Å². The molecule has 0 spiro atoms. The highest BCUT2D eigenvalue weighted by Gasteiger charge is 2.34. The van der Waals surface area contributed by atoms with Gasteiger partial charge in [0.2, 0.25) is 23.2 Å². The van der Waals surface area contributed by atoms with Gasteiger partial charge in [0.05, 0.1) is 51.9 Å². The second-order valence-corrected chi connectivity index (χ2v) is 17.9. The lowest BCUT2D eigenvalue weighted by atomic mass is 9.89. The molecular weight excluding hydrogens is 1150 g/mol. The van der Waals surface area contributed by atoms with Crippen molar-refractivity contribution in [3.63, 3.8) is 0 Å². The normalized spacial score (nSPS) is 12.0. The van der Waals surface area contributed by atoms with Crippen LogP contribution in [0.25, 0.3) is 44.6 Å². The highest BCUT2D eigenvalue weighted by atomic mass is 127. The first-order chi connectivity index (χ1) is 36.1. The number of phenols is 1. The molecule has 2 atom stereocenters. The number of carbonyl (C=O) groups excluding carboxylic acids is 3. The van der Waals surface area contributed by atoms with Crippen molar-refractivity contribution in [1.29, 1.82) is 0 Å². The number of aromatic hydroxyl groups is 1. The molecule has 1 aliphatic heterocycles. The third kappa shape index (κ3) is 12.5. The topological polar surface area (TPSA) is 345 Å². The van der Waals surface area contributed by atoms with Crippen molar-refractivity contribution in [1.82, 2.24) is 35.9 Å². The molecule has 396 valence electrons. The minimum absolute atomic E-state index is 0.0262. The third-order valence-corrected chi connectivity index (χ3v) is 12.8. The van der Waals surface area contributed by atoms with Crippen LogP contribution in [0.4, 0.5) is 33.6 Å². The number of H-pyrrole nitrogens is 1. The van der Waals surface area contributed by atoms with E-state index >= 15 is 13.2 Å². The van der Waals surface area contributed by atoms with Gasteiger partial charge >= 0.3 is 17.9 Å². The molecular formula is C47H37F5IN9O13S. The molecule has 1 aliphatic carbocycles. The van der Waals surface area contributed by atoms with Crippen molar-refractivity contribution in [2.24, 2.45) is 0 Å². The van der Waals surface area contributed by atoms with Gasteiger partial charge in [-0.15, -0.1) is 11.8 Å². The Morgan fingerprint density at radius 1 is 0.803 bits per heavy atom. The summed E-state index contributed by atoms with van der Waals surface area (Å²) in [4.78, 5) is 113. The molecule has 0 radical (unpaired) electrons. The molecule has 2 unspecified atom stereocenters. The lowest BCUT2D eigenvalue weighted by Crippen LogP contribution is -2.44. The van der Waals surface area contributed by atoms with E-state index in [4.69, 9.17) is 4.42 Å². The van der Waals surface area contributed by atoms with E-state index in [2.05, 4.69) is 44.7 Å². The van der Waals surface area contributed by atoms with Crippen LogP contribution in [0.15, 0.2) is 73.6 Å². The fourth-order valence-corrected chi connectivity index (χ4v) is 8.65. The summed E-state index contributed by atoms with van der Waals surface area (Å²) in [5, 5.41) is 48.9. The number of hydrogen-bond donors (Lipinski definition) is 10. The molecule has 2 aliphatic rings. The fourth-order valence-electron chi connectivity index (χ4n) is 7.58. The van der Waals surface area contributed by atoms with Crippen molar-refractivity contribution in [2.45, 2.75) is 55.6 Å². The predicted octanol–water partition coefficient (Wildman–Crippen LogP) is 5.68. The van der Waals surface area contributed by atoms with Crippen LogP contribution in [0.3, 0.4) is 0 Å². The number of nitrogens with one attached hydrogen (secondary N) is 6. The van der Waals surface area contributed by atoms with E-state index in [0.29, 0.717) is 35.6 Å². The maximum absolute atomic E-state index is 16.5. The number of unbranched alkanes of at least 4 members (excludes halogenated alkanes) is 1. The number of aromatic carboxylic acids is 1. The van der Waals surface area contributed by atoms with E-state index in [1.165, 1.54) is 30.5 Å². The van der Waals surface area contributed by atoms with Gasteiger partial charge in [-0.25, -0.2) is 46.3 Å². The summed E-state index contributed by atoms with van der Waals surface area (Å²) in [5.41, 5.74) is -5.27. The van der Waals surface area contributed by atoms with Gasteiger partial charge in [0, 0.05) is 58.4 Å². The quantitative estimate of drug-likeness (QED) is 0.00742. The molecule has 0 saturated heterocycles. The summed E-state index contributed by atoms with van der Waals surface area (Å²) in [7, 11) is 0. The van der Waals surface area contributed by atoms with E-state index in [0.717, 1.165) is 0 Å². The van der Waals surface area contributed by atoms with Crippen LogP contribution in [0.2, 0.25) is 0 Å². The summed E-state index contributed by atoms with van der Waals surface area (Å²) in [6.45, 7) is -0.0190. The first-order valence-corrected chi connectivity index (χ1v) is 24.2. The van der Waals surface area contributed by atoms with Crippen LogP contribution in [0, 0.1) is 29.1 Å². The number of thioether (sulfide) groups is 1. The van der Waals surface area contributed by atoms with Crippen molar-refractivity contribution in [3.8, 4) is 28.2 Å². The van der Waals surface area contributed by atoms with Crippen LogP contribution in [0.1, 0.15) is 58.5 Å². The maximum Gasteiger partial charge on any atom is 0.339 e. The number of nitrogens with zero attached hydrogens (tertiary/aromatic N) is 3. The Bertz CT molecular complexity index is 3570. The Morgan fingerprint density at radius 3 is 2.20 bits per heavy atom. The summed E-state index contributed by atoms with van der Waals surface area (Å²) < 4.78 is 85.1. The lowest BCUT2D eigenvalue weighted by molar-refractivity contribution is -0.142. The van der Waals surface area contributed by atoms with E-state index in [1.54, 1.807) is 22.9 Å². The van der Waals surface area contributed by atoms with Gasteiger partial charge in [0.25, 0.3) is 11.5 Å². The number of fused-ring (bicyclic) bond motifs is 3. The molecule has 5 aromatic rings. The summed E-state index contributed by atoms with van der Waals surface area (Å²) in [6, 6.07) is 5.10. The van der Waals surface area contributed by atoms with Gasteiger partial charge in [-0.2, -0.15) is 4.98 Å². The van der Waals surface area contributed by atoms with Crippen molar-refractivity contribution < 1.29 is 75.6 Å². The summed E-state index contributed by atoms with van der Waals surface area (Å²) >= 11 is 1.88. The van der Waals surface area contributed by atoms with Crippen LogP contribution < -0.4 is 35.8 Å². The Hall–Kier alpha value is -8.48. The SMILES string of the molecule is O=C(CSc1c(F)c(F)c(C(=O)O)c(-c2c3cc(F)c(=O)cc-3oc3cc(O)c(F)cc23)c1F)NCCCCC(NC(=O)CCC(NC(=O)c1ccc(NCc2cnc3nc(NI)[nH]c(=O)c3n2)cc1)C(=O)O)C(=O)O. The molecule has 0 bridgehead atoms. The molecule has 3 aromatic carbocycles. The summed E-state index contributed by atoms with van der Waals surface area (Å²) in [6.07, 6.45) is 0.442. The number of rotatable bonds is 22. The van der Waals surface area contributed by atoms with Gasteiger partial charge in [-0.3, -0.25) is 32.5 Å². The van der Waals surface area contributed by atoms with Gasteiger partial charge < -0.3 is 46.1 Å². The summed E-state index contributed by atoms with van der Waals surface area (Å²) in [5.74, 6) is -18.6. The zero-order valence-corrected chi connectivity index (χ0v) is 41.5. The number of aromatic nitrogens is 4. The Kier molecular flexibility index (Phi) is 17.3. The highest BCUT2D eigenvalue weighted by molar-refractivity contribution is 14.1. The van der Waals surface area contributed by atoms with Gasteiger partial charge in [-0.1, -0.05) is 0 Å². The molecule has 0 fully saturated rings. The van der Waals surface area contributed by atoms with Crippen LogP contribution in [-0.4, -0.2) is 100 Å². The molecule has 76 heavy (non-hydrogen) atoms. The largest absolute Gasteiger partial charge is 0.505 e. The highest BCUT2D eigenvalue weighted by Crippen LogP contribution is 2.46. The Labute approximate surface area is 439 Å². The van der Waals surface area contributed by atoms with Gasteiger partial charge in [0.1, 0.15) is 34.8 Å². The van der Waals surface area contributed by atoms with E-state index < -0.39 is 156 Å². The number of carbonyl (C=O) groups is 6. The second kappa shape index (κ2) is 23.8. The number of amides is 3. The smallest absolute Gasteiger partial charge is 0.339 e. The minimum Gasteiger partial charge on any atom is -0.505 e. The zero-order chi connectivity index (χ0) is 55.1. The number of anilines is 2. The van der Waals surface area contributed by atoms with Crippen LogP contribution >= 0.6 is 34.6 Å². The number of hydrogen-bond acceptors (Lipinski definition) is 16. The molecule has 7 rings (SSSR count). The van der Waals surface area contributed by atoms with E-state index in [-0.39, 0.29) is 66.8 Å². The van der Waals surface area contributed by atoms with Gasteiger partial charge in [0.15, 0.2) is 40.2 Å². The van der Waals surface area contributed by atoms with Crippen LogP contribution in [0.5, 0.6) is 5.75 Å². The molecule has 0 saturated carbocycles. The fraction of sp³-hybridized carbons (Fsp3) is 0.213. The van der Waals surface area contributed by atoms with Crippen molar-refractivity contribution in [2.75, 3.05) is 21.1 Å². The Morgan fingerprint density at radius 2 is 1.51 bits per heavy atom. The average Bonchev–Trinajstić information content (AvgIpc) is 3.44. The number of carboxylic acids is 3. The predicted molar refractivity (Wildman–Crippen MR) is 268 cm³/mol. The first-order valence-electron chi connectivity index (χ1n) is 22.1. The molecule has 22 nitrogen and oxygen atoms in total. The number of aromatic amines is 1. The first kappa shape index (κ1) is 55.3. The van der Waals surface area contributed by atoms with Crippen molar-refractivity contribution >= 4 is 104 Å². The van der Waals surface area contributed by atoms with Crippen LogP contribution in [-0.2, 0) is 25.7 Å². The maximum atomic E-state index is 16.5. The standard InChI is InChI=1S/C47H37F5IN9O13S/c48-23-11-21-29(13-27(23)63)75-30-14-28(64)24(49)12-22(30)33(21)34-35(46(73)74)36(50)38(52)40(37(34)51)76-17-32(66)54-10-2-1-3-25(44(69)70)58-31(65)9-8-26(45(71)72)59-42(67)18-4-6-19(7-5-18)55-15-20-16-56-41-39(57-20)43(68)61-47(60-41)62-53/h4-7,11-14,16,25-26,55,63H,1-3,8-10,15,17H2,(H,54,66)(H,58,65)(H,59,67)(H,69,70)(H,71,72)(H,73,74)(H2,56,60,61,62,68). The molecule has 10 N–H and O–H groups in total. The Balaban J connectivity index is 0.896. The second-order valence-electron chi connectivity index (χ2n) is 16.4. The molecule has 2 aromatic heterocycles. The number of halogens is 6. The number of carboxylic acid groups (broad SMARTS) is 3. The third-order valence-electron chi connectivity index (χ3n) is 11.3. The molecule has 29 heteroatoms. The number of aliphatic carboxylic acids is 2. The lowest BCUT2D eigenvalue weighted by Gasteiger charge is -2.20. The molecule has 3 amide bonds. The van der Waals surface area contributed by atoms with E-state index in [1.807, 2.05) is 0 Å². The molecule has 3 heterocycles. The van der Waals surface area contributed by atoms with E-state index in [9.17, 15) is 67.6 Å². The van der Waals surface area contributed by atoms with Gasteiger partial charge in [-0.05, 0) is 62.1 Å². The minimum atomic E-state index is -2.22. The average molecular weight is 1190 g/mol. The number of benzene rings is 4. The zero-order valence-electron chi connectivity index (χ0n) is 38.5.